The van der Waals surface area contributed by atoms with Crippen molar-refractivity contribution in [1.29, 1.82) is 0 Å². The van der Waals surface area contributed by atoms with Gasteiger partial charge in [0.2, 0.25) is 0 Å². The van der Waals surface area contributed by atoms with Gasteiger partial charge in [0, 0.05) is 18.1 Å². The van der Waals surface area contributed by atoms with Gasteiger partial charge in [0.05, 0.1) is 6.67 Å². The summed E-state index contributed by atoms with van der Waals surface area (Å²) < 4.78 is 11.8. The van der Waals surface area contributed by atoms with Crippen LogP contribution in [0.2, 0.25) is 0 Å². The van der Waals surface area contributed by atoms with Crippen LogP contribution < -0.4 is 5.32 Å². The van der Waals surface area contributed by atoms with Crippen LogP contribution in [0.15, 0.2) is 24.3 Å². The average Bonchev–Trinajstić information content (AvgIpc) is 2.19. The number of hydrogen-bond donors (Lipinski definition) is 1. The highest BCUT2D eigenvalue weighted by Gasteiger charge is 1.92. The van der Waals surface area contributed by atoms with Gasteiger partial charge in [0.25, 0.3) is 0 Å². The Balaban J connectivity index is 2.40. The molecule has 0 heterocycles. The fourth-order valence-electron chi connectivity index (χ4n) is 1.01. The SMILES string of the molecule is FCCCNc1ccc(CCl)cc1. The van der Waals surface area contributed by atoms with Gasteiger partial charge < -0.3 is 5.32 Å². The van der Waals surface area contributed by atoms with Crippen LogP contribution in [-0.2, 0) is 5.88 Å². The summed E-state index contributed by atoms with van der Waals surface area (Å²) in [6.45, 7) is 0.406. The molecule has 1 nitrogen and oxygen atoms in total. The number of hydrogen-bond acceptors (Lipinski definition) is 1. The molecule has 0 aliphatic heterocycles. The van der Waals surface area contributed by atoms with E-state index in [2.05, 4.69) is 5.32 Å². The first-order valence-corrected chi connectivity index (χ1v) is 4.85. The first kappa shape index (κ1) is 10.3. The zero-order chi connectivity index (χ0) is 9.52. The fourth-order valence-corrected chi connectivity index (χ4v) is 1.19. The Morgan fingerprint density at radius 3 is 2.46 bits per heavy atom. The molecule has 0 aliphatic carbocycles. The molecular weight excluding hydrogens is 189 g/mol. The lowest BCUT2D eigenvalue weighted by Crippen LogP contribution is -2.01. The molecule has 0 bridgehead atoms. The predicted octanol–water partition coefficient (Wildman–Crippen LogP) is 3.20. The van der Waals surface area contributed by atoms with Gasteiger partial charge in [0.1, 0.15) is 0 Å². The van der Waals surface area contributed by atoms with Crippen LogP contribution in [0.3, 0.4) is 0 Å². The van der Waals surface area contributed by atoms with Gasteiger partial charge in [-0.25, -0.2) is 0 Å². The number of halogens is 2. The third-order valence-electron chi connectivity index (χ3n) is 1.75. The van der Waals surface area contributed by atoms with E-state index in [1.54, 1.807) is 0 Å². The Morgan fingerprint density at radius 2 is 1.92 bits per heavy atom. The molecule has 3 heteroatoms. The summed E-state index contributed by atoms with van der Waals surface area (Å²) in [5.74, 6) is 0.533. The Hall–Kier alpha value is -0.760. The molecule has 0 unspecified atom stereocenters. The Morgan fingerprint density at radius 1 is 1.23 bits per heavy atom. The number of anilines is 1. The molecule has 0 saturated heterocycles. The molecule has 0 aromatic heterocycles. The van der Waals surface area contributed by atoms with E-state index < -0.39 is 0 Å². The molecule has 0 spiro atoms. The molecule has 0 fully saturated rings. The standard InChI is InChI=1S/C10H13ClFN/c11-8-9-2-4-10(5-3-9)13-7-1-6-12/h2-5,13H,1,6-8H2. The zero-order valence-electron chi connectivity index (χ0n) is 7.39. The van der Waals surface area contributed by atoms with E-state index in [4.69, 9.17) is 11.6 Å². The van der Waals surface area contributed by atoms with Gasteiger partial charge in [-0.3, -0.25) is 4.39 Å². The van der Waals surface area contributed by atoms with Gasteiger partial charge in [-0.05, 0) is 24.1 Å². The van der Waals surface area contributed by atoms with Crippen molar-refractivity contribution in [2.24, 2.45) is 0 Å². The van der Waals surface area contributed by atoms with Crippen LogP contribution >= 0.6 is 11.6 Å². The van der Waals surface area contributed by atoms with Crippen LogP contribution in [0.1, 0.15) is 12.0 Å². The van der Waals surface area contributed by atoms with Crippen molar-refractivity contribution < 1.29 is 4.39 Å². The van der Waals surface area contributed by atoms with E-state index in [1.807, 2.05) is 24.3 Å². The average molecular weight is 202 g/mol. The molecule has 1 aromatic carbocycles. The van der Waals surface area contributed by atoms with Crippen molar-refractivity contribution in [3.63, 3.8) is 0 Å². The van der Waals surface area contributed by atoms with Gasteiger partial charge in [-0.1, -0.05) is 12.1 Å². The summed E-state index contributed by atoms with van der Waals surface area (Å²) in [7, 11) is 0. The first-order chi connectivity index (χ1) is 6.36. The van der Waals surface area contributed by atoms with Gasteiger partial charge >= 0.3 is 0 Å². The lowest BCUT2D eigenvalue weighted by Gasteiger charge is -2.04. The second kappa shape index (κ2) is 5.81. The maximum Gasteiger partial charge on any atom is 0.0911 e. The van der Waals surface area contributed by atoms with Gasteiger partial charge in [-0.15, -0.1) is 11.6 Å². The van der Waals surface area contributed by atoms with E-state index in [9.17, 15) is 4.39 Å². The first-order valence-electron chi connectivity index (χ1n) is 4.31. The second-order valence-electron chi connectivity index (χ2n) is 2.80. The van der Waals surface area contributed by atoms with E-state index >= 15 is 0 Å². The van der Waals surface area contributed by atoms with Crippen LogP contribution in [-0.4, -0.2) is 13.2 Å². The van der Waals surface area contributed by atoms with Crippen molar-refractivity contribution in [1.82, 2.24) is 0 Å². The molecule has 0 atom stereocenters. The number of alkyl halides is 2. The molecule has 1 aromatic rings. The van der Waals surface area contributed by atoms with Gasteiger partial charge in [-0.2, -0.15) is 0 Å². The molecule has 0 aliphatic rings. The maximum atomic E-state index is 11.8. The lowest BCUT2D eigenvalue weighted by atomic mass is 10.2. The fraction of sp³-hybridized carbons (Fsp3) is 0.400. The molecule has 0 saturated carbocycles. The minimum Gasteiger partial charge on any atom is -0.385 e. The Kier molecular flexibility index (Phi) is 4.61. The molecule has 0 radical (unpaired) electrons. The summed E-state index contributed by atoms with van der Waals surface area (Å²) >= 11 is 5.64. The largest absolute Gasteiger partial charge is 0.385 e. The lowest BCUT2D eigenvalue weighted by molar-refractivity contribution is 0.481. The maximum absolute atomic E-state index is 11.8. The van der Waals surface area contributed by atoms with Crippen LogP contribution in [0, 0.1) is 0 Å². The highest BCUT2D eigenvalue weighted by molar-refractivity contribution is 6.17. The topological polar surface area (TPSA) is 12.0 Å². The summed E-state index contributed by atoms with van der Waals surface area (Å²) in [5, 5.41) is 3.11. The highest BCUT2D eigenvalue weighted by Crippen LogP contribution is 2.10. The highest BCUT2D eigenvalue weighted by atomic mass is 35.5. The second-order valence-corrected chi connectivity index (χ2v) is 3.07. The monoisotopic (exact) mass is 201 g/mol. The predicted molar refractivity (Wildman–Crippen MR) is 55.1 cm³/mol. The van der Waals surface area contributed by atoms with E-state index in [1.165, 1.54) is 0 Å². The van der Waals surface area contributed by atoms with Crippen molar-refractivity contribution in [2.45, 2.75) is 12.3 Å². The van der Waals surface area contributed by atoms with E-state index in [0.29, 0.717) is 18.8 Å². The molecule has 1 N–H and O–H groups in total. The summed E-state index contributed by atoms with van der Waals surface area (Å²) in [6, 6.07) is 7.83. The minimum atomic E-state index is -0.271. The summed E-state index contributed by atoms with van der Waals surface area (Å²) in [4.78, 5) is 0. The third kappa shape index (κ3) is 3.64. The van der Waals surface area contributed by atoms with Crippen LogP contribution in [0.5, 0.6) is 0 Å². The van der Waals surface area contributed by atoms with Crippen molar-refractivity contribution >= 4 is 17.3 Å². The number of nitrogens with one attached hydrogen (secondary N) is 1. The van der Waals surface area contributed by atoms with Crippen molar-refractivity contribution in [2.75, 3.05) is 18.5 Å². The third-order valence-corrected chi connectivity index (χ3v) is 2.06. The molecule has 13 heavy (non-hydrogen) atoms. The van der Waals surface area contributed by atoms with E-state index in [-0.39, 0.29) is 6.67 Å². The zero-order valence-corrected chi connectivity index (χ0v) is 8.15. The van der Waals surface area contributed by atoms with Crippen LogP contribution in [0.25, 0.3) is 0 Å². The van der Waals surface area contributed by atoms with E-state index in [0.717, 1.165) is 11.3 Å². The quantitative estimate of drug-likeness (QED) is 0.570. The van der Waals surface area contributed by atoms with Crippen molar-refractivity contribution in [3.05, 3.63) is 29.8 Å². The normalized spacial score (nSPS) is 10.0. The smallest absolute Gasteiger partial charge is 0.0911 e. The van der Waals surface area contributed by atoms with Crippen molar-refractivity contribution in [3.8, 4) is 0 Å². The number of benzene rings is 1. The minimum absolute atomic E-state index is 0.271. The molecule has 1 rings (SSSR count). The molecule has 72 valence electrons. The molecule has 0 amide bonds. The number of rotatable bonds is 5. The summed E-state index contributed by atoms with van der Waals surface area (Å²) in [5.41, 5.74) is 2.11. The van der Waals surface area contributed by atoms with Gasteiger partial charge in [0.15, 0.2) is 0 Å². The Bertz CT molecular complexity index is 235. The summed E-state index contributed by atoms with van der Waals surface area (Å²) in [6.07, 6.45) is 0.553. The molecular formula is C10H13ClFN. The Labute approximate surface area is 82.9 Å². The van der Waals surface area contributed by atoms with Crippen LogP contribution in [0.4, 0.5) is 10.1 Å².